The van der Waals surface area contributed by atoms with Crippen molar-refractivity contribution in [2.24, 2.45) is 0 Å². The van der Waals surface area contributed by atoms with Crippen LogP contribution in [0.2, 0.25) is 0 Å². The minimum Gasteiger partial charge on any atom is -0.497 e. The van der Waals surface area contributed by atoms with Crippen LogP contribution in [0.5, 0.6) is 5.75 Å². The zero-order chi connectivity index (χ0) is 23.9. The van der Waals surface area contributed by atoms with Crippen molar-refractivity contribution in [3.8, 4) is 5.75 Å². The van der Waals surface area contributed by atoms with Gasteiger partial charge in [-0.15, -0.1) is 0 Å². The Morgan fingerprint density at radius 1 is 1.06 bits per heavy atom. The van der Waals surface area contributed by atoms with E-state index in [9.17, 15) is 14.7 Å². The lowest BCUT2D eigenvalue weighted by molar-refractivity contribution is -0.155. The van der Waals surface area contributed by atoms with Gasteiger partial charge in [-0.1, -0.05) is 54.6 Å². The van der Waals surface area contributed by atoms with Crippen molar-refractivity contribution in [2.75, 3.05) is 25.6 Å². The number of ether oxygens (including phenoxy) is 2. The van der Waals surface area contributed by atoms with Crippen LogP contribution in [0, 0.1) is 0 Å². The molecule has 34 heavy (non-hydrogen) atoms. The molecule has 2 amide bonds. The van der Waals surface area contributed by atoms with Crippen molar-refractivity contribution in [2.45, 2.75) is 25.1 Å². The molecule has 7 heteroatoms. The second kappa shape index (κ2) is 11.0. The summed E-state index contributed by atoms with van der Waals surface area (Å²) in [5.41, 5.74) is 3.15. The number of hydrogen-bond acceptors (Lipinski definition) is 5. The van der Waals surface area contributed by atoms with Gasteiger partial charge in [-0.3, -0.25) is 9.59 Å². The van der Waals surface area contributed by atoms with Gasteiger partial charge in [-0.25, -0.2) is 0 Å². The Morgan fingerprint density at radius 3 is 2.44 bits per heavy atom. The first-order valence-corrected chi connectivity index (χ1v) is 11.2. The number of hydrogen-bond donors (Lipinski definition) is 2. The van der Waals surface area contributed by atoms with Gasteiger partial charge in [0, 0.05) is 12.2 Å². The van der Waals surface area contributed by atoms with Crippen LogP contribution in [-0.4, -0.2) is 48.2 Å². The molecule has 176 valence electrons. The van der Waals surface area contributed by atoms with E-state index in [2.05, 4.69) is 5.32 Å². The Bertz CT molecular complexity index is 1100. The van der Waals surface area contributed by atoms with E-state index < -0.39 is 12.1 Å². The van der Waals surface area contributed by atoms with Crippen LogP contribution in [0.4, 0.5) is 5.69 Å². The van der Waals surface area contributed by atoms with Gasteiger partial charge in [-0.2, -0.15) is 0 Å². The third-order valence-corrected chi connectivity index (χ3v) is 5.85. The molecular weight excluding hydrogens is 432 g/mol. The molecule has 1 aliphatic heterocycles. The number of aliphatic hydroxyl groups is 1. The van der Waals surface area contributed by atoms with E-state index in [0.717, 1.165) is 16.9 Å². The number of rotatable bonds is 8. The molecule has 0 spiro atoms. The van der Waals surface area contributed by atoms with Gasteiger partial charge in [0.25, 0.3) is 0 Å². The smallest absolute Gasteiger partial charge is 0.249 e. The van der Waals surface area contributed by atoms with Crippen LogP contribution in [-0.2, 0) is 27.3 Å². The number of benzene rings is 3. The third-order valence-electron chi connectivity index (χ3n) is 5.85. The number of amides is 2. The van der Waals surface area contributed by atoms with E-state index in [1.165, 1.54) is 0 Å². The van der Waals surface area contributed by atoms with Gasteiger partial charge >= 0.3 is 0 Å². The number of anilines is 1. The second-order valence-corrected chi connectivity index (χ2v) is 8.23. The highest BCUT2D eigenvalue weighted by atomic mass is 16.5. The van der Waals surface area contributed by atoms with Crippen LogP contribution < -0.4 is 10.1 Å². The Morgan fingerprint density at radius 2 is 1.76 bits per heavy atom. The average Bonchev–Trinajstić information content (AvgIpc) is 2.86. The fourth-order valence-electron chi connectivity index (χ4n) is 3.99. The van der Waals surface area contributed by atoms with E-state index in [1.807, 2.05) is 54.6 Å². The van der Waals surface area contributed by atoms with Crippen LogP contribution in [0.3, 0.4) is 0 Å². The Kier molecular flexibility index (Phi) is 7.57. The number of aliphatic hydroxyl groups excluding tert-OH is 1. The van der Waals surface area contributed by atoms with Crippen molar-refractivity contribution < 1.29 is 24.2 Å². The van der Waals surface area contributed by atoms with Crippen molar-refractivity contribution >= 4 is 17.5 Å². The van der Waals surface area contributed by atoms with Crippen molar-refractivity contribution in [3.05, 3.63) is 95.6 Å². The fourth-order valence-corrected chi connectivity index (χ4v) is 3.99. The molecule has 2 unspecified atom stereocenters. The van der Waals surface area contributed by atoms with E-state index >= 15 is 0 Å². The standard InChI is InChI=1S/C27H28N2O5/c1-33-23-13-7-19(8-14-23)15-25(30)28-22-11-9-21(10-12-22)27(32)24-17-34-18-26(31)29(24)16-20-5-3-2-4-6-20/h2-14,24,27,32H,15-18H2,1H3,(H,28,30). The van der Waals surface area contributed by atoms with Crippen LogP contribution >= 0.6 is 0 Å². The normalized spacial score (nSPS) is 16.7. The Balaban J connectivity index is 1.39. The van der Waals surface area contributed by atoms with E-state index in [4.69, 9.17) is 9.47 Å². The molecule has 0 aliphatic carbocycles. The topological polar surface area (TPSA) is 88.1 Å². The molecular formula is C27H28N2O5. The van der Waals surface area contributed by atoms with E-state index in [0.29, 0.717) is 17.8 Å². The second-order valence-electron chi connectivity index (χ2n) is 8.23. The molecule has 3 aromatic rings. The zero-order valence-electron chi connectivity index (χ0n) is 19.0. The van der Waals surface area contributed by atoms with Crippen molar-refractivity contribution in [3.63, 3.8) is 0 Å². The van der Waals surface area contributed by atoms with E-state index in [-0.39, 0.29) is 31.4 Å². The quantitative estimate of drug-likeness (QED) is 0.538. The number of morpholine rings is 1. The van der Waals surface area contributed by atoms with Crippen LogP contribution in [0.15, 0.2) is 78.9 Å². The van der Waals surface area contributed by atoms with Crippen molar-refractivity contribution in [1.29, 1.82) is 0 Å². The first-order chi connectivity index (χ1) is 16.5. The van der Waals surface area contributed by atoms with Gasteiger partial charge in [0.05, 0.1) is 26.2 Å². The first kappa shape index (κ1) is 23.5. The number of carbonyl (C=O) groups excluding carboxylic acids is 2. The molecule has 0 radical (unpaired) electrons. The number of nitrogens with one attached hydrogen (secondary N) is 1. The van der Waals surface area contributed by atoms with E-state index in [1.54, 1.807) is 36.3 Å². The Labute approximate surface area is 198 Å². The molecule has 1 saturated heterocycles. The van der Waals surface area contributed by atoms with Crippen LogP contribution in [0.25, 0.3) is 0 Å². The summed E-state index contributed by atoms with van der Waals surface area (Å²) < 4.78 is 10.6. The first-order valence-electron chi connectivity index (χ1n) is 11.2. The molecule has 3 aromatic carbocycles. The number of nitrogens with zero attached hydrogens (tertiary/aromatic N) is 1. The minimum atomic E-state index is -0.919. The minimum absolute atomic E-state index is 0.00915. The number of methoxy groups -OCH3 is 1. The largest absolute Gasteiger partial charge is 0.497 e. The molecule has 0 aromatic heterocycles. The van der Waals surface area contributed by atoms with Gasteiger partial charge in [0.15, 0.2) is 0 Å². The predicted molar refractivity (Wildman–Crippen MR) is 128 cm³/mol. The lowest BCUT2D eigenvalue weighted by Gasteiger charge is -2.38. The summed E-state index contributed by atoms with van der Waals surface area (Å²) in [5.74, 6) is 0.450. The van der Waals surface area contributed by atoms with Gasteiger partial charge in [-0.05, 0) is 41.0 Å². The molecule has 2 atom stereocenters. The SMILES string of the molecule is COc1ccc(CC(=O)Nc2ccc(C(O)C3COCC(=O)N3Cc3ccccc3)cc2)cc1. The highest BCUT2D eigenvalue weighted by Gasteiger charge is 2.34. The predicted octanol–water partition coefficient (Wildman–Crippen LogP) is 3.34. The summed E-state index contributed by atoms with van der Waals surface area (Å²) in [6.45, 7) is 0.666. The summed E-state index contributed by atoms with van der Waals surface area (Å²) in [5, 5.41) is 13.9. The number of carbonyl (C=O) groups is 2. The Hall–Kier alpha value is -3.68. The summed E-state index contributed by atoms with van der Waals surface area (Å²) >= 11 is 0. The molecule has 4 rings (SSSR count). The third kappa shape index (κ3) is 5.81. The van der Waals surface area contributed by atoms with Gasteiger partial charge in [0.1, 0.15) is 18.5 Å². The fraction of sp³-hybridized carbons (Fsp3) is 0.259. The van der Waals surface area contributed by atoms with Gasteiger partial charge < -0.3 is 24.8 Å². The monoisotopic (exact) mass is 460 g/mol. The molecule has 0 saturated carbocycles. The lowest BCUT2D eigenvalue weighted by atomic mass is 9.99. The highest BCUT2D eigenvalue weighted by molar-refractivity contribution is 5.92. The summed E-state index contributed by atoms with van der Waals surface area (Å²) in [7, 11) is 1.60. The summed E-state index contributed by atoms with van der Waals surface area (Å²) in [6, 6.07) is 23.5. The van der Waals surface area contributed by atoms with Crippen molar-refractivity contribution in [1.82, 2.24) is 4.90 Å². The highest BCUT2D eigenvalue weighted by Crippen LogP contribution is 2.27. The lowest BCUT2D eigenvalue weighted by Crippen LogP contribution is -2.51. The maximum Gasteiger partial charge on any atom is 0.249 e. The zero-order valence-corrected chi connectivity index (χ0v) is 19.0. The maximum atomic E-state index is 12.5. The van der Waals surface area contributed by atoms with Crippen LogP contribution in [0.1, 0.15) is 22.8 Å². The molecule has 7 nitrogen and oxygen atoms in total. The molecule has 0 bridgehead atoms. The molecule has 1 aliphatic rings. The summed E-state index contributed by atoms with van der Waals surface area (Å²) in [6.07, 6.45) is -0.679. The average molecular weight is 461 g/mol. The molecule has 1 fully saturated rings. The summed E-state index contributed by atoms with van der Waals surface area (Å²) in [4.78, 5) is 26.6. The van der Waals surface area contributed by atoms with Gasteiger partial charge in [0.2, 0.25) is 11.8 Å². The maximum absolute atomic E-state index is 12.5. The molecule has 2 N–H and O–H groups in total. The molecule has 1 heterocycles.